The molecule has 2 rings (SSSR count). The second kappa shape index (κ2) is 4.51. The molecule has 2 N–H and O–H groups in total. The third-order valence-corrected chi connectivity index (χ3v) is 4.19. The van der Waals surface area contributed by atoms with Crippen molar-refractivity contribution in [2.75, 3.05) is 19.8 Å². The Morgan fingerprint density at radius 1 is 1.59 bits per heavy atom. The molecule has 8 heteroatoms. The van der Waals surface area contributed by atoms with E-state index in [-0.39, 0.29) is 29.8 Å². The van der Waals surface area contributed by atoms with Gasteiger partial charge in [-0.15, -0.1) is 0 Å². The van der Waals surface area contributed by atoms with Gasteiger partial charge < -0.3 is 9.84 Å². The van der Waals surface area contributed by atoms with Crippen molar-refractivity contribution in [1.82, 2.24) is 9.71 Å². The molecule has 1 aromatic rings. The van der Waals surface area contributed by atoms with Crippen LogP contribution in [-0.4, -0.2) is 43.9 Å². The van der Waals surface area contributed by atoms with Crippen LogP contribution in [0.25, 0.3) is 0 Å². The molecule has 0 unspecified atom stereocenters. The first-order valence-corrected chi connectivity index (χ1v) is 6.69. The van der Waals surface area contributed by atoms with Crippen molar-refractivity contribution in [3.63, 3.8) is 0 Å². The van der Waals surface area contributed by atoms with Crippen molar-refractivity contribution < 1.29 is 18.3 Å². The molecule has 0 spiro atoms. The van der Waals surface area contributed by atoms with Gasteiger partial charge in [-0.25, -0.2) is 18.1 Å². The number of aromatic nitrogens is 1. The molecule has 0 radical (unpaired) electrons. The third kappa shape index (κ3) is 2.75. The number of pyridine rings is 1. The summed E-state index contributed by atoms with van der Waals surface area (Å²) in [6.45, 7) is 0.132. The molecule has 1 aliphatic heterocycles. The summed E-state index contributed by atoms with van der Waals surface area (Å²) in [5.41, 5.74) is -1.12. The molecule has 0 bridgehead atoms. The van der Waals surface area contributed by atoms with Crippen LogP contribution in [0.1, 0.15) is 0 Å². The minimum absolute atomic E-state index is 0.100. The van der Waals surface area contributed by atoms with Crippen molar-refractivity contribution >= 4 is 21.6 Å². The van der Waals surface area contributed by atoms with Crippen molar-refractivity contribution in [3.8, 4) is 0 Å². The van der Waals surface area contributed by atoms with E-state index in [1.807, 2.05) is 0 Å². The van der Waals surface area contributed by atoms with Crippen molar-refractivity contribution in [2.45, 2.75) is 10.5 Å². The van der Waals surface area contributed by atoms with Crippen LogP contribution in [-0.2, 0) is 14.8 Å². The van der Waals surface area contributed by atoms with E-state index in [2.05, 4.69) is 9.71 Å². The SMILES string of the molecule is O=S(=O)(NCC1(O)COC1)c1cccnc1Cl. The molecule has 2 heterocycles. The quantitative estimate of drug-likeness (QED) is 0.743. The van der Waals surface area contributed by atoms with Gasteiger partial charge in [0, 0.05) is 12.7 Å². The van der Waals surface area contributed by atoms with Crippen molar-refractivity contribution in [1.29, 1.82) is 0 Å². The first-order valence-electron chi connectivity index (χ1n) is 4.83. The number of halogens is 1. The minimum Gasteiger partial charge on any atom is -0.384 e. The zero-order valence-corrected chi connectivity index (χ0v) is 10.3. The number of hydrogen-bond acceptors (Lipinski definition) is 5. The van der Waals surface area contributed by atoms with E-state index in [9.17, 15) is 13.5 Å². The van der Waals surface area contributed by atoms with Crippen LogP contribution >= 0.6 is 11.6 Å². The molecule has 94 valence electrons. The highest BCUT2D eigenvalue weighted by Gasteiger charge is 2.37. The molecule has 1 fully saturated rings. The van der Waals surface area contributed by atoms with Gasteiger partial charge in [0.05, 0.1) is 13.2 Å². The molecule has 0 amide bonds. The number of ether oxygens (including phenoxy) is 1. The van der Waals surface area contributed by atoms with Gasteiger partial charge in [0.2, 0.25) is 10.0 Å². The number of hydrogen-bond donors (Lipinski definition) is 2. The Bertz CT molecular complexity index is 515. The second-order valence-electron chi connectivity index (χ2n) is 3.83. The molecular formula is C9H11ClN2O4S. The van der Waals surface area contributed by atoms with Gasteiger partial charge in [0.1, 0.15) is 15.6 Å². The van der Waals surface area contributed by atoms with Crippen LogP contribution in [0, 0.1) is 0 Å². The van der Waals surface area contributed by atoms with Gasteiger partial charge in [0.25, 0.3) is 0 Å². The molecule has 0 aromatic carbocycles. The lowest BCUT2D eigenvalue weighted by Crippen LogP contribution is -2.56. The van der Waals surface area contributed by atoms with Crippen LogP contribution < -0.4 is 4.72 Å². The Morgan fingerprint density at radius 2 is 2.29 bits per heavy atom. The molecule has 0 saturated carbocycles. The topological polar surface area (TPSA) is 88.5 Å². The largest absolute Gasteiger partial charge is 0.384 e. The molecular weight excluding hydrogens is 268 g/mol. The standard InChI is InChI=1S/C9H11ClN2O4S/c10-8-7(2-1-3-11-8)17(14,15)12-4-9(13)5-16-6-9/h1-3,12-13H,4-6H2. The van der Waals surface area contributed by atoms with Crippen LogP contribution in [0.3, 0.4) is 0 Å². The highest BCUT2D eigenvalue weighted by molar-refractivity contribution is 7.89. The van der Waals surface area contributed by atoms with Gasteiger partial charge in [-0.3, -0.25) is 0 Å². The van der Waals surface area contributed by atoms with Gasteiger partial charge in [0.15, 0.2) is 0 Å². The highest BCUT2D eigenvalue weighted by Crippen LogP contribution is 2.19. The Hall–Kier alpha value is -0.730. The van der Waals surface area contributed by atoms with Crippen molar-refractivity contribution in [3.05, 3.63) is 23.5 Å². The number of sulfonamides is 1. The first-order chi connectivity index (χ1) is 7.93. The summed E-state index contributed by atoms with van der Waals surface area (Å²) in [5, 5.41) is 9.59. The first kappa shape index (κ1) is 12.7. The Kier molecular flexibility index (Phi) is 3.37. The van der Waals surface area contributed by atoms with Crippen LogP contribution in [0.4, 0.5) is 0 Å². The van der Waals surface area contributed by atoms with E-state index in [0.29, 0.717) is 0 Å². The fourth-order valence-electron chi connectivity index (χ4n) is 1.32. The second-order valence-corrected chi connectivity index (χ2v) is 5.93. The maximum atomic E-state index is 11.9. The minimum atomic E-state index is -3.76. The molecule has 0 atom stereocenters. The maximum Gasteiger partial charge on any atom is 0.243 e. The lowest BCUT2D eigenvalue weighted by molar-refractivity contribution is -0.172. The molecule has 1 saturated heterocycles. The summed E-state index contributed by atoms with van der Waals surface area (Å²) in [7, 11) is -3.76. The highest BCUT2D eigenvalue weighted by atomic mass is 35.5. The molecule has 1 aliphatic rings. The number of rotatable bonds is 4. The van der Waals surface area contributed by atoms with E-state index in [1.165, 1.54) is 18.3 Å². The number of nitrogens with one attached hydrogen (secondary N) is 1. The summed E-state index contributed by atoms with van der Waals surface area (Å²) in [4.78, 5) is 3.58. The van der Waals surface area contributed by atoms with Crippen molar-refractivity contribution in [2.24, 2.45) is 0 Å². The summed E-state index contributed by atoms with van der Waals surface area (Å²) in [5.74, 6) is 0. The van der Waals surface area contributed by atoms with Crippen LogP contribution in [0.5, 0.6) is 0 Å². The summed E-state index contributed by atoms with van der Waals surface area (Å²) in [6, 6.07) is 2.82. The van der Waals surface area contributed by atoms with Crippen LogP contribution in [0.2, 0.25) is 5.15 Å². The number of nitrogens with zero attached hydrogens (tertiary/aromatic N) is 1. The molecule has 1 aromatic heterocycles. The zero-order chi connectivity index (χ0) is 12.5. The lowest BCUT2D eigenvalue weighted by atomic mass is 10.0. The Balaban J connectivity index is 2.12. The van der Waals surface area contributed by atoms with E-state index in [4.69, 9.17) is 16.3 Å². The van der Waals surface area contributed by atoms with E-state index in [1.54, 1.807) is 0 Å². The summed E-state index contributed by atoms with van der Waals surface area (Å²) >= 11 is 5.69. The van der Waals surface area contributed by atoms with Crippen LogP contribution in [0.15, 0.2) is 23.2 Å². The fourth-order valence-corrected chi connectivity index (χ4v) is 2.89. The predicted molar refractivity (Wildman–Crippen MR) is 60.2 cm³/mol. The Morgan fingerprint density at radius 3 is 2.82 bits per heavy atom. The third-order valence-electron chi connectivity index (χ3n) is 2.35. The van der Waals surface area contributed by atoms with Gasteiger partial charge in [-0.1, -0.05) is 11.6 Å². The van der Waals surface area contributed by atoms with Gasteiger partial charge in [-0.2, -0.15) is 0 Å². The smallest absolute Gasteiger partial charge is 0.243 e. The summed E-state index contributed by atoms with van der Waals surface area (Å²) in [6.07, 6.45) is 1.40. The Labute approximate surface area is 104 Å². The fraction of sp³-hybridized carbons (Fsp3) is 0.444. The monoisotopic (exact) mass is 278 g/mol. The van der Waals surface area contributed by atoms with Gasteiger partial charge in [-0.05, 0) is 12.1 Å². The zero-order valence-electron chi connectivity index (χ0n) is 8.76. The van der Waals surface area contributed by atoms with E-state index in [0.717, 1.165) is 0 Å². The predicted octanol–water partition coefficient (Wildman–Crippen LogP) is -0.225. The molecule has 6 nitrogen and oxygen atoms in total. The normalized spacial score (nSPS) is 18.7. The maximum absolute atomic E-state index is 11.9. The van der Waals surface area contributed by atoms with E-state index >= 15 is 0 Å². The molecule has 0 aliphatic carbocycles. The van der Waals surface area contributed by atoms with Gasteiger partial charge >= 0.3 is 0 Å². The average Bonchev–Trinajstić information content (AvgIpc) is 2.24. The van der Waals surface area contributed by atoms with E-state index < -0.39 is 15.6 Å². The average molecular weight is 279 g/mol. The summed E-state index contributed by atoms with van der Waals surface area (Å²) < 4.78 is 30.8. The molecule has 17 heavy (non-hydrogen) atoms. The number of aliphatic hydroxyl groups is 1. The lowest BCUT2D eigenvalue weighted by Gasteiger charge is -2.36.